The first-order valence-electron chi connectivity index (χ1n) is 5.57. The van der Waals surface area contributed by atoms with Crippen LogP contribution < -0.4 is 11.1 Å². The molecule has 0 saturated heterocycles. The van der Waals surface area contributed by atoms with Crippen molar-refractivity contribution in [3.63, 3.8) is 0 Å². The summed E-state index contributed by atoms with van der Waals surface area (Å²) < 4.78 is 0. The highest BCUT2D eigenvalue weighted by molar-refractivity contribution is 7.99. The number of nitrogens with zero attached hydrogens (tertiary/aromatic N) is 1. The Balaban J connectivity index is 1.81. The molecule has 0 saturated carbocycles. The first-order valence-corrected chi connectivity index (χ1v) is 6.55. The fourth-order valence-corrected chi connectivity index (χ4v) is 3.21. The molecule has 0 spiro atoms. The van der Waals surface area contributed by atoms with Crippen molar-refractivity contribution in [2.24, 2.45) is 0 Å². The summed E-state index contributed by atoms with van der Waals surface area (Å²) in [5, 5.41) is 9.22. The van der Waals surface area contributed by atoms with Crippen molar-refractivity contribution in [3.8, 4) is 0 Å². The summed E-state index contributed by atoms with van der Waals surface area (Å²) in [7, 11) is 0. The number of aromatic amines is 1. The molecule has 1 aromatic carbocycles. The molecule has 0 radical (unpaired) electrons. The molecule has 0 aliphatic carbocycles. The Bertz CT molecular complexity index is 595. The number of nitrogen functional groups attached to an aromatic ring is 1. The smallest absolute Gasteiger partial charge is 0.234 e. The summed E-state index contributed by atoms with van der Waals surface area (Å²) >= 11 is 1.70. The van der Waals surface area contributed by atoms with Gasteiger partial charge in [0.1, 0.15) is 0 Å². The van der Waals surface area contributed by atoms with Gasteiger partial charge in [-0.15, -0.1) is 11.8 Å². The average molecular weight is 260 g/mol. The number of amides is 1. The van der Waals surface area contributed by atoms with E-state index < -0.39 is 0 Å². The zero-order valence-electron chi connectivity index (χ0n) is 9.51. The van der Waals surface area contributed by atoms with Gasteiger partial charge in [-0.2, -0.15) is 5.10 Å². The molecule has 1 aromatic heterocycles. The number of hydrogen-bond acceptors (Lipinski definition) is 4. The Morgan fingerprint density at radius 3 is 3.11 bits per heavy atom. The lowest BCUT2D eigenvalue weighted by atomic mass is 10.0. The Morgan fingerprint density at radius 1 is 1.50 bits per heavy atom. The molecule has 18 heavy (non-hydrogen) atoms. The number of carbonyl (C=O) groups is 1. The molecule has 5 nitrogen and oxygen atoms in total. The van der Waals surface area contributed by atoms with Gasteiger partial charge in [0.15, 0.2) is 5.82 Å². The van der Waals surface area contributed by atoms with Crippen LogP contribution in [0.1, 0.15) is 11.5 Å². The van der Waals surface area contributed by atoms with Gasteiger partial charge in [0.25, 0.3) is 0 Å². The third-order valence-electron chi connectivity index (χ3n) is 2.93. The minimum Gasteiger partial charge on any atom is -0.394 e. The van der Waals surface area contributed by atoms with Crippen molar-refractivity contribution in [1.82, 2.24) is 10.2 Å². The Hall–Kier alpha value is -1.95. The SMILES string of the molecule is Nc1cn[nH]c1NC(=O)C1CSc2ccccc21. The largest absolute Gasteiger partial charge is 0.394 e. The number of aromatic nitrogens is 2. The predicted molar refractivity (Wildman–Crippen MR) is 71.5 cm³/mol. The number of nitrogens with two attached hydrogens (primary N) is 1. The zero-order valence-corrected chi connectivity index (χ0v) is 10.3. The van der Waals surface area contributed by atoms with Crippen LogP contribution >= 0.6 is 11.8 Å². The second kappa shape index (κ2) is 4.38. The van der Waals surface area contributed by atoms with Crippen molar-refractivity contribution < 1.29 is 4.79 Å². The molecule has 92 valence electrons. The van der Waals surface area contributed by atoms with Crippen LogP contribution in [0.4, 0.5) is 11.5 Å². The van der Waals surface area contributed by atoms with Crippen molar-refractivity contribution in [1.29, 1.82) is 0 Å². The standard InChI is InChI=1S/C12H12N4OS/c13-9-5-14-16-11(9)15-12(17)8-6-18-10-4-2-1-3-7(8)10/h1-5,8H,6,13H2,(H2,14,15,16,17). The van der Waals surface area contributed by atoms with Gasteiger partial charge in [0.2, 0.25) is 5.91 Å². The number of anilines is 2. The predicted octanol–water partition coefficient (Wildman–Crippen LogP) is 1.82. The van der Waals surface area contributed by atoms with Gasteiger partial charge in [-0.3, -0.25) is 9.89 Å². The van der Waals surface area contributed by atoms with E-state index in [1.165, 1.54) is 11.1 Å². The van der Waals surface area contributed by atoms with Gasteiger partial charge in [0, 0.05) is 10.6 Å². The summed E-state index contributed by atoms with van der Waals surface area (Å²) in [4.78, 5) is 13.4. The molecular formula is C12H12N4OS. The van der Waals surface area contributed by atoms with Crippen molar-refractivity contribution >= 4 is 29.2 Å². The van der Waals surface area contributed by atoms with Crippen LogP contribution in [0, 0.1) is 0 Å². The first kappa shape index (κ1) is 11.2. The number of benzene rings is 1. The van der Waals surface area contributed by atoms with Gasteiger partial charge in [0.05, 0.1) is 17.8 Å². The number of fused-ring (bicyclic) bond motifs is 1. The molecular weight excluding hydrogens is 248 g/mol. The van der Waals surface area contributed by atoms with Gasteiger partial charge in [-0.25, -0.2) is 0 Å². The second-order valence-electron chi connectivity index (χ2n) is 4.09. The molecule has 0 fully saturated rings. The minimum atomic E-state index is -0.131. The highest BCUT2D eigenvalue weighted by Crippen LogP contribution is 2.39. The second-order valence-corrected chi connectivity index (χ2v) is 5.15. The third-order valence-corrected chi connectivity index (χ3v) is 4.12. The molecule has 2 heterocycles. The number of rotatable bonds is 2. The lowest BCUT2D eigenvalue weighted by molar-refractivity contribution is -0.117. The molecule has 0 bridgehead atoms. The maximum absolute atomic E-state index is 12.2. The van der Waals surface area contributed by atoms with Gasteiger partial charge in [-0.1, -0.05) is 18.2 Å². The number of H-pyrrole nitrogens is 1. The average Bonchev–Trinajstić information content (AvgIpc) is 2.96. The Morgan fingerprint density at radius 2 is 2.33 bits per heavy atom. The molecule has 1 amide bonds. The van der Waals surface area contributed by atoms with E-state index >= 15 is 0 Å². The van der Waals surface area contributed by atoms with Crippen LogP contribution in [-0.2, 0) is 4.79 Å². The number of nitrogens with one attached hydrogen (secondary N) is 2. The summed E-state index contributed by atoms with van der Waals surface area (Å²) in [5.74, 6) is 1.05. The quantitative estimate of drug-likeness (QED) is 0.769. The van der Waals surface area contributed by atoms with Crippen LogP contribution in [0.3, 0.4) is 0 Å². The zero-order chi connectivity index (χ0) is 12.5. The topological polar surface area (TPSA) is 83.8 Å². The molecule has 1 unspecified atom stereocenters. The molecule has 3 rings (SSSR count). The molecule has 1 aliphatic heterocycles. The van der Waals surface area contributed by atoms with Gasteiger partial charge >= 0.3 is 0 Å². The normalized spacial score (nSPS) is 17.4. The van der Waals surface area contributed by atoms with Crippen LogP contribution in [0.5, 0.6) is 0 Å². The van der Waals surface area contributed by atoms with E-state index in [0.29, 0.717) is 11.5 Å². The highest BCUT2D eigenvalue weighted by Gasteiger charge is 2.29. The van der Waals surface area contributed by atoms with E-state index in [1.807, 2.05) is 24.3 Å². The molecule has 4 N–H and O–H groups in total. The number of carbonyl (C=O) groups excluding carboxylic acids is 1. The number of hydrogen-bond donors (Lipinski definition) is 3. The van der Waals surface area contributed by atoms with Crippen molar-refractivity contribution in [2.45, 2.75) is 10.8 Å². The summed E-state index contributed by atoms with van der Waals surface area (Å²) in [5.41, 5.74) is 7.20. The van der Waals surface area contributed by atoms with Gasteiger partial charge in [-0.05, 0) is 11.6 Å². The lowest BCUT2D eigenvalue weighted by Crippen LogP contribution is -2.21. The van der Waals surface area contributed by atoms with Crippen LogP contribution in [0.15, 0.2) is 35.4 Å². The van der Waals surface area contributed by atoms with Crippen LogP contribution in [0.2, 0.25) is 0 Å². The maximum Gasteiger partial charge on any atom is 0.234 e. The maximum atomic E-state index is 12.2. The van der Waals surface area contributed by atoms with E-state index in [0.717, 1.165) is 11.3 Å². The summed E-state index contributed by atoms with van der Waals surface area (Å²) in [6, 6.07) is 7.97. The van der Waals surface area contributed by atoms with E-state index in [1.54, 1.807) is 11.8 Å². The van der Waals surface area contributed by atoms with E-state index in [4.69, 9.17) is 5.73 Å². The fraction of sp³-hybridized carbons (Fsp3) is 0.167. The molecule has 1 atom stereocenters. The third kappa shape index (κ3) is 1.84. The van der Waals surface area contributed by atoms with Gasteiger partial charge < -0.3 is 11.1 Å². The first-order chi connectivity index (χ1) is 8.75. The molecule has 1 aliphatic rings. The Labute approximate surface area is 108 Å². The van der Waals surface area contributed by atoms with E-state index in [2.05, 4.69) is 15.5 Å². The Kier molecular flexibility index (Phi) is 2.71. The molecule has 2 aromatic rings. The lowest BCUT2D eigenvalue weighted by Gasteiger charge is -2.10. The minimum absolute atomic E-state index is 0.0524. The van der Waals surface area contributed by atoms with Crippen LogP contribution in [0.25, 0.3) is 0 Å². The number of thioether (sulfide) groups is 1. The summed E-state index contributed by atoms with van der Waals surface area (Å²) in [6.45, 7) is 0. The molecule has 6 heteroatoms. The van der Waals surface area contributed by atoms with E-state index in [9.17, 15) is 4.79 Å². The van der Waals surface area contributed by atoms with Crippen LogP contribution in [-0.4, -0.2) is 21.9 Å². The summed E-state index contributed by atoms with van der Waals surface area (Å²) in [6.07, 6.45) is 1.48. The monoisotopic (exact) mass is 260 g/mol. The van der Waals surface area contributed by atoms with E-state index in [-0.39, 0.29) is 11.8 Å². The highest BCUT2D eigenvalue weighted by atomic mass is 32.2. The van der Waals surface area contributed by atoms with Crippen molar-refractivity contribution in [2.75, 3.05) is 16.8 Å². The van der Waals surface area contributed by atoms with Crippen molar-refractivity contribution in [3.05, 3.63) is 36.0 Å². The fourth-order valence-electron chi connectivity index (χ4n) is 1.99.